The van der Waals surface area contributed by atoms with Gasteiger partial charge in [-0.05, 0) is 84.6 Å². The average molecular weight is 415 g/mol. The van der Waals surface area contributed by atoms with E-state index in [1.807, 2.05) is 0 Å². The van der Waals surface area contributed by atoms with Crippen LogP contribution in [0, 0.1) is 17.8 Å². The molecule has 4 rings (SSSR count). The first-order chi connectivity index (χ1) is 14.4. The van der Waals surface area contributed by atoms with E-state index in [2.05, 4.69) is 31.2 Å². The Morgan fingerprint density at radius 2 is 1.37 bits per heavy atom. The van der Waals surface area contributed by atoms with E-state index in [-0.39, 0.29) is 0 Å². The monoisotopic (exact) mass is 414 g/mol. The van der Waals surface area contributed by atoms with Crippen LogP contribution in [0.3, 0.4) is 0 Å². The van der Waals surface area contributed by atoms with Crippen molar-refractivity contribution >= 4 is 0 Å². The molecule has 0 spiro atoms. The van der Waals surface area contributed by atoms with Crippen molar-refractivity contribution < 1.29 is 13.2 Å². The summed E-state index contributed by atoms with van der Waals surface area (Å²) in [4.78, 5) is 0. The molecular weight excluding hydrogens is 381 g/mol. The molecule has 2 saturated carbocycles. The van der Waals surface area contributed by atoms with E-state index in [1.54, 1.807) is 12.1 Å². The number of unbranched alkanes of at least 4 members (excludes halogenated alkanes) is 1. The summed E-state index contributed by atoms with van der Waals surface area (Å²) >= 11 is 0. The number of benzene rings is 2. The molecule has 0 saturated heterocycles. The summed E-state index contributed by atoms with van der Waals surface area (Å²) < 4.78 is 38.3. The zero-order valence-electron chi connectivity index (χ0n) is 17.9. The Balaban J connectivity index is 1.37. The van der Waals surface area contributed by atoms with Crippen LogP contribution in [0.4, 0.5) is 13.2 Å². The molecule has 2 aromatic carbocycles. The van der Waals surface area contributed by atoms with Crippen molar-refractivity contribution in [3.8, 4) is 11.1 Å². The zero-order valence-corrected chi connectivity index (χ0v) is 17.9. The predicted octanol–water partition coefficient (Wildman–Crippen LogP) is 8.86. The van der Waals surface area contributed by atoms with E-state index >= 15 is 0 Å². The Kier molecular flexibility index (Phi) is 6.55. The van der Waals surface area contributed by atoms with Gasteiger partial charge >= 0.3 is 6.18 Å². The van der Waals surface area contributed by atoms with E-state index in [0.29, 0.717) is 5.92 Å². The zero-order chi connectivity index (χ0) is 21.1. The fourth-order valence-corrected chi connectivity index (χ4v) is 5.84. The van der Waals surface area contributed by atoms with Crippen LogP contribution in [0.25, 0.3) is 11.1 Å². The average Bonchev–Trinajstić information content (AvgIpc) is 2.77. The van der Waals surface area contributed by atoms with Gasteiger partial charge in [-0.25, -0.2) is 0 Å². The first kappa shape index (κ1) is 21.5. The number of hydrogen-bond donors (Lipinski definition) is 0. The molecule has 0 aliphatic heterocycles. The van der Waals surface area contributed by atoms with Gasteiger partial charge < -0.3 is 0 Å². The highest BCUT2D eigenvalue weighted by molar-refractivity contribution is 5.64. The van der Waals surface area contributed by atoms with Crippen molar-refractivity contribution in [2.45, 2.75) is 76.8 Å². The molecule has 2 aliphatic carbocycles. The van der Waals surface area contributed by atoms with Gasteiger partial charge in [0.05, 0.1) is 5.56 Å². The van der Waals surface area contributed by atoms with E-state index in [4.69, 9.17) is 0 Å². The van der Waals surface area contributed by atoms with Crippen LogP contribution in [-0.4, -0.2) is 0 Å². The molecule has 0 aromatic heterocycles. The van der Waals surface area contributed by atoms with Gasteiger partial charge in [-0.15, -0.1) is 0 Å². The molecule has 2 fully saturated rings. The third-order valence-corrected chi connectivity index (χ3v) is 7.62. The predicted molar refractivity (Wildman–Crippen MR) is 117 cm³/mol. The van der Waals surface area contributed by atoms with Crippen LogP contribution in [0.1, 0.15) is 81.8 Å². The second-order valence-electron chi connectivity index (χ2n) is 9.55. The summed E-state index contributed by atoms with van der Waals surface area (Å²) in [6.45, 7) is 2.29. The Bertz CT molecular complexity index is 803. The number of rotatable bonds is 5. The minimum absolute atomic E-state index is 0.593. The lowest BCUT2D eigenvalue weighted by Gasteiger charge is -2.42. The van der Waals surface area contributed by atoms with Gasteiger partial charge in [0.1, 0.15) is 0 Å². The Labute approximate surface area is 178 Å². The van der Waals surface area contributed by atoms with Crippen molar-refractivity contribution in [2.24, 2.45) is 17.8 Å². The van der Waals surface area contributed by atoms with Gasteiger partial charge in [0.2, 0.25) is 0 Å². The first-order valence-corrected chi connectivity index (χ1v) is 11.7. The van der Waals surface area contributed by atoms with Crippen LogP contribution in [0.2, 0.25) is 0 Å². The van der Waals surface area contributed by atoms with Crippen molar-refractivity contribution in [2.75, 3.05) is 0 Å². The Morgan fingerprint density at radius 3 is 2.00 bits per heavy atom. The van der Waals surface area contributed by atoms with Crippen molar-refractivity contribution in [3.63, 3.8) is 0 Å². The van der Waals surface area contributed by atoms with Crippen LogP contribution < -0.4 is 0 Å². The van der Waals surface area contributed by atoms with Gasteiger partial charge in [0, 0.05) is 0 Å². The summed E-state index contributed by atoms with van der Waals surface area (Å²) in [5, 5.41) is 0. The minimum atomic E-state index is -4.28. The highest BCUT2D eigenvalue weighted by atomic mass is 19.4. The number of fused-ring (bicyclic) bond motifs is 1. The molecule has 0 bridgehead atoms. The first-order valence-electron chi connectivity index (χ1n) is 11.7. The summed E-state index contributed by atoms with van der Waals surface area (Å²) in [6.07, 6.45) is 8.06. The largest absolute Gasteiger partial charge is 0.416 e. The fraction of sp³-hybridized carbons (Fsp3) is 0.556. The number of halogens is 3. The van der Waals surface area contributed by atoms with Gasteiger partial charge in [-0.3, -0.25) is 0 Å². The maximum atomic E-state index is 12.8. The summed E-state index contributed by atoms with van der Waals surface area (Å²) in [5.74, 6) is 3.42. The van der Waals surface area contributed by atoms with Crippen LogP contribution in [-0.2, 0) is 6.18 Å². The molecule has 0 heterocycles. The summed E-state index contributed by atoms with van der Waals surface area (Å²) in [7, 11) is 0. The molecule has 1 unspecified atom stereocenters. The van der Waals surface area contributed by atoms with Gasteiger partial charge in [0.15, 0.2) is 0 Å². The third-order valence-electron chi connectivity index (χ3n) is 7.62. The van der Waals surface area contributed by atoms with Gasteiger partial charge in [0.25, 0.3) is 0 Å². The summed E-state index contributed by atoms with van der Waals surface area (Å²) in [6, 6.07) is 14.0. The molecule has 3 heteroatoms. The molecule has 2 aromatic rings. The molecule has 30 heavy (non-hydrogen) atoms. The molecule has 0 nitrogen and oxygen atoms in total. The van der Waals surface area contributed by atoms with Crippen LogP contribution >= 0.6 is 0 Å². The maximum absolute atomic E-state index is 12.8. The SMILES string of the molecule is CCCCC1CC[C@@H]2C[C@H](c3ccc(-c4ccc(C(F)(F)F)cc4)cc3)CC[C@@H]2C1. The lowest BCUT2D eigenvalue weighted by atomic mass is 9.63. The Hall–Kier alpha value is -1.77. The number of alkyl halides is 3. The lowest BCUT2D eigenvalue weighted by molar-refractivity contribution is -0.137. The van der Waals surface area contributed by atoms with Gasteiger partial charge in [-0.2, -0.15) is 13.2 Å². The number of hydrogen-bond acceptors (Lipinski definition) is 0. The van der Waals surface area contributed by atoms with E-state index in [0.717, 1.165) is 28.9 Å². The smallest absolute Gasteiger partial charge is 0.166 e. The second kappa shape index (κ2) is 9.16. The van der Waals surface area contributed by atoms with Crippen molar-refractivity contribution in [3.05, 3.63) is 59.7 Å². The maximum Gasteiger partial charge on any atom is 0.416 e. The molecule has 0 amide bonds. The van der Waals surface area contributed by atoms with E-state index in [9.17, 15) is 13.2 Å². The highest BCUT2D eigenvalue weighted by Gasteiger charge is 2.35. The van der Waals surface area contributed by atoms with Crippen molar-refractivity contribution in [1.82, 2.24) is 0 Å². The normalized spacial score (nSPS) is 26.9. The van der Waals surface area contributed by atoms with Gasteiger partial charge in [-0.1, -0.05) is 69.0 Å². The Morgan fingerprint density at radius 1 is 0.767 bits per heavy atom. The molecule has 162 valence electrons. The molecule has 2 aliphatic rings. The summed E-state index contributed by atoms with van der Waals surface area (Å²) in [5.41, 5.74) is 2.63. The van der Waals surface area contributed by atoms with E-state index in [1.165, 1.54) is 75.5 Å². The minimum Gasteiger partial charge on any atom is -0.166 e. The fourth-order valence-electron chi connectivity index (χ4n) is 5.84. The van der Waals surface area contributed by atoms with Crippen LogP contribution in [0.5, 0.6) is 0 Å². The highest BCUT2D eigenvalue weighted by Crippen LogP contribution is 2.48. The standard InChI is InChI=1S/C27H33F3/c1-2-3-4-19-5-6-25-18-24(12-11-23(25)17-19)22-9-7-20(8-10-22)21-13-15-26(16-14-21)27(28,29)30/h7-10,13-16,19,23-25H,2-6,11-12,17-18H2,1H3/t19?,23-,24-,25-/m1/s1. The molecule has 4 atom stereocenters. The lowest BCUT2D eigenvalue weighted by Crippen LogP contribution is -2.30. The van der Waals surface area contributed by atoms with Crippen molar-refractivity contribution in [1.29, 1.82) is 0 Å². The molecule has 0 N–H and O–H groups in total. The van der Waals surface area contributed by atoms with Crippen LogP contribution in [0.15, 0.2) is 48.5 Å². The second-order valence-corrected chi connectivity index (χ2v) is 9.55. The molecular formula is C27H33F3. The molecule has 0 radical (unpaired) electrons. The van der Waals surface area contributed by atoms with E-state index < -0.39 is 11.7 Å². The topological polar surface area (TPSA) is 0 Å². The third kappa shape index (κ3) is 4.92. The quantitative estimate of drug-likeness (QED) is 0.458.